The van der Waals surface area contributed by atoms with Gasteiger partial charge in [0.2, 0.25) is 0 Å². The molecule has 0 fully saturated rings. The summed E-state index contributed by atoms with van der Waals surface area (Å²) in [6.07, 6.45) is 1.48. The van der Waals surface area contributed by atoms with Crippen LogP contribution in [-0.4, -0.2) is 0 Å². The number of alkyl halides is 2. The number of aryl methyl sites for hydroxylation is 2. The lowest BCUT2D eigenvalue weighted by atomic mass is 9.96. The van der Waals surface area contributed by atoms with E-state index in [9.17, 15) is 8.78 Å². The molecular formula is C9H10F2S. The van der Waals surface area contributed by atoms with E-state index in [1.807, 2.05) is 13.0 Å². The summed E-state index contributed by atoms with van der Waals surface area (Å²) in [6.45, 7) is 1.89. The quantitative estimate of drug-likeness (QED) is 0.584. The van der Waals surface area contributed by atoms with E-state index in [1.165, 1.54) is 11.3 Å². The summed E-state index contributed by atoms with van der Waals surface area (Å²) >= 11 is 1.25. The molecule has 0 saturated heterocycles. The molecule has 0 bridgehead atoms. The highest BCUT2D eigenvalue weighted by Gasteiger charge is 2.38. The van der Waals surface area contributed by atoms with Crippen LogP contribution in [0.4, 0.5) is 8.78 Å². The van der Waals surface area contributed by atoms with Crippen LogP contribution in [0.5, 0.6) is 0 Å². The molecule has 66 valence electrons. The molecule has 0 atom stereocenters. The van der Waals surface area contributed by atoms with Crippen molar-refractivity contribution in [2.24, 2.45) is 0 Å². The molecule has 0 saturated carbocycles. The number of fused-ring (bicyclic) bond motifs is 1. The maximum absolute atomic E-state index is 13.2. The third-order valence-electron chi connectivity index (χ3n) is 2.20. The van der Waals surface area contributed by atoms with Crippen molar-refractivity contribution in [3.05, 3.63) is 21.4 Å². The average molecular weight is 188 g/mol. The van der Waals surface area contributed by atoms with Gasteiger partial charge in [-0.3, -0.25) is 0 Å². The maximum Gasteiger partial charge on any atom is 0.282 e. The molecule has 1 aliphatic rings. The highest BCUT2D eigenvalue weighted by Crippen LogP contribution is 2.44. The molecule has 0 unspecified atom stereocenters. The summed E-state index contributed by atoms with van der Waals surface area (Å²) in [6, 6.07) is 1.90. The van der Waals surface area contributed by atoms with E-state index in [0.29, 0.717) is 11.3 Å². The van der Waals surface area contributed by atoms with Crippen molar-refractivity contribution in [1.29, 1.82) is 0 Å². The molecule has 3 heteroatoms. The highest BCUT2D eigenvalue weighted by molar-refractivity contribution is 7.12. The first-order chi connectivity index (χ1) is 5.59. The van der Waals surface area contributed by atoms with Gasteiger partial charge in [0.25, 0.3) is 5.92 Å². The Bertz CT molecular complexity index is 301. The molecule has 0 aliphatic heterocycles. The van der Waals surface area contributed by atoms with Gasteiger partial charge in [0.05, 0.1) is 4.88 Å². The van der Waals surface area contributed by atoms with E-state index in [1.54, 1.807) is 0 Å². The standard InChI is InChI=1S/C9H10F2S/c1-6-5-7-3-2-4-9(10,11)8(7)12-6/h5H,2-4H2,1H3. The fourth-order valence-electron chi connectivity index (χ4n) is 1.68. The first-order valence-corrected chi connectivity index (χ1v) is 4.89. The Balaban J connectivity index is 2.51. The second-order valence-corrected chi connectivity index (χ2v) is 4.53. The van der Waals surface area contributed by atoms with E-state index < -0.39 is 5.92 Å². The van der Waals surface area contributed by atoms with Crippen LogP contribution in [0.1, 0.15) is 28.2 Å². The molecule has 0 N–H and O–H groups in total. The third-order valence-corrected chi connectivity index (χ3v) is 3.41. The predicted molar refractivity (Wildman–Crippen MR) is 45.9 cm³/mol. The normalized spacial score (nSPS) is 20.6. The third kappa shape index (κ3) is 1.16. The Hall–Kier alpha value is -0.440. The van der Waals surface area contributed by atoms with Crippen molar-refractivity contribution in [3.8, 4) is 0 Å². The number of hydrogen-bond donors (Lipinski definition) is 0. The summed E-state index contributed by atoms with van der Waals surface area (Å²) < 4.78 is 26.4. The Morgan fingerprint density at radius 1 is 1.50 bits per heavy atom. The summed E-state index contributed by atoms with van der Waals surface area (Å²) in [7, 11) is 0. The molecule has 0 amide bonds. The van der Waals surface area contributed by atoms with Crippen LogP contribution >= 0.6 is 11.3 Å². The van der Waals surface area contributed by atoms with Crippen molar-refractivity contribution < 1.29 is 8.78 Å². The Labute approximate surface area is 74.2 Å². The molecule has 0 aromatic carbocycles. The van der Waals surface area contributed by atoms with E-state index in [0.717, 1.165) is 16.9 Å². The van der Waals surface area contributed by atoms with Crippen molar-refractivity contribution in [2.75, 3.05) is 0 Å². The minimum absolute atomic E-state index is 0.0277. The van der Waals surface area contributed by atoms with Gasteiger partial charge in [0, 0.05) is 11.3 Å². The van der Waals surface area contributed by atoms with E-state index in [-0.39, 0.29) is 6.42 Å². The van der Waals surface area contributed by atoms with Crippen LogP contribution < -0.4 is 0 Å². The maximum atomic E-state index is 13.2. The van der Waals surface area contributed by atoms with Gasteiger partial charge in [0.1, 0.15) is 0 Å². The number of hydrogen-bond acceptors (Lipinski definition) is 1. The molecule has 1 aromatic heterocycles. The van der Waals surface area contributed by atoms with Crippen LogP contribution in [0.25, 0.3) is 0 Å². The topological polar surface area (TPSA) is 0 Å². The molecule has 1 aliphatic carbocycles. The fourth-order valence-corrected chi connectivity index (χ4v) is 2.74. The molecular weight excluding hydrogens is 178 g/mol. The van der Waals surface area contributed by atoms with Gasteiger partial charge in [-0.15, -0.1) is 11.3 Å². The van der Waals surface area contributed by atoms with Crippen LogP contribution in [0.3, 0.4) is 0 Å². The summed E-state index contributed by atoms with van der Waals surface area (Å²) in [5.41, 5.74) is 0.869. The van der Waals surface area contributed by atoms with Crippen LogP contribution in [0.2, 0.25) is 0 Å². The molecule has 12 heavy (non-hydrogen) atoms. The van der Waals surface area contributed by atoms with Crippen LogP contribution in [0, 0.1) is 6.92 Å². The van der Waals surface area contributed by atoms with Gasteiger partial charge >= 0.3 is 0 Å². The zero-order valence-electron chi connectivity index (χ0n) is 6.86. The number of halogens is 2. The molecule has 0 spiro atoms. The second-order valence-electron chi connectivity index (χ2n) is 3.27. The minimum atomic E-state index is -2.55. The molecule has 2 rings (SSSR count). The summed E-state index contributed by atoms with van der Waals surface area (Å²) in [4.78, 5) is 1.31. The van der Waals surface area contributed by atoms with E-state index in [2.05, 4.69) is 0 Å². The van der Waals surface area contributed by atoms with Gasteiger partial charge in [-0.2, -0.15) is 0 Å². The second kappa shape index (κ2) is 2.52. The largest absolute Gasteiger partial charge is 0.282 e. The lowest BCUT2D eigenvalue weighted by Crippen LogP contribution is -2.18. The Morgan fingerprint density at radius 2 is 2.25 bits per heavy atom. The van der Waals surface area contributed by atoms with E-state index >= 15 is 0 Å². The first-order valence-electron chi connectivity index (χ1n) is 4.07. The smallest absolute Gasteiger partial charge is 0.200 e. The number of rotatable bonds is 0. The highest BCUT2D eigenvalue weighted by atomic mass is 32.1. The summed E-state index contributed by atoms with van der Waals surface area (Å²) in [5, 5.41) is 0. The zero-order chi connectivity index (χ0) is 8.77. The van der Waals surface area contributed by atoms with Gasteiger partial charge in [0.15, 0.2) is 0 Å². The molecule has 0 radical (unpaired) electrons. The SMILES string of the molecule is Cc1cc2c(s1)C(F)(F)CCC2. The van der Waals surface area contributed by atoms with Gasteiger partial charge in [-0.1, -0.05) is 0 Å². The van der Waals surface area contributed by atoms with Crippen molar-refractivity contribution in [1.82, 2.24) is 0 Å². The van der Waals surface area contributed by atoms with Gasteiger partial charge < -0.3 is 0 Å². The zero-order valence-corrected chi connectivity index (χ0v) is 7.68. The average Bonchev–Trinajstić information content (AvgIpc) is 2.30. The molecule has 1 heterocycles. The van der Waals surface area contributed by atoms with Gasteiger partial charge in [-0.25, -0.2) is 8.78 Å². The lowest BCUT2D eigenvalue weighted by Gasteiger charge is -2.21. The Morgan fingerprint density at radius 3 is 2.92 bits per heavy atom. The molecule has 1 aromatic rings. The van der Waals surface area contributed by atoms with Gasteiger partial charge in [-0.05, 0) is 31.4 Å². The van der Waals surface area contributed by atoms with Crippen LogP contribution in [0.15, 0.2) is 6.07 Å². The minimum Gasteiger partial charge on any atom is -0.200 e. The summed E-state index contributed by atoms with van der Waals surface area (Å²) in [5.74, 6) is -2.55. The van der Waals surface area contributed by atoms with Crippen molar-refractivity contribution >= 4 is 11.3 Å². The fraction of sp³-hybridized carbons (Fsp3) is 0.556. The number of thiophene rings is 1. The lowest BCUT2D eigenvalue weighted by molar-refractivity contribution is -0.0175. The first kappa shape index (κ1) is 8.17. The van der Waals surface area contributed by atoms with Crippen molar-refractivity contribution in [3.63, 3.8) is 0 Å². The van der Waals surface area contributed by atoms with Crippen molar-refractivity contribution in [2.45, 2.75) is 32.1 Å². The predicted octanol–water partition coefficient (Wildman–Crippen LogP) is 3.48. The Kier molecular flexibility index (Phi) is 1.72. The van der Waals surface area contributed by atoms with Crippen LogP contribution in [-0.2, 0) is 12.3 Å². The molecule has 0 nitrogen and oxygen atoms in total. The monoisotopic (exact) mass is 188 g/mol. The van der Waals surface area contributed by atoms with E-state index in [4.69, 9.17) is 0 Å².